The average Bonchev–Trinajstić information content (AvgIpc) is 2.70. The predicted molar refractivity (Wildman–Crippen MR) is 105 cm³/mol. The fourth-order valence-electron chi connectivity index (χ4n) is 3.08. The van der Waals surface area contributed by atoms with Crippen LogP contribution in [0.25, 0.3) is 0 Å². The molecule has 142 valence electrons. The summed E-state index contributed by atoms with van der Waals surface area (Å²) in [6.45, 7) is 1.68. The number of hydrogen-bond donors (Lipinski definition) is 2. The van der Waals surface area contributed by atoms with Crippen molar-refractivity contribution >= 4 is 17.6 Å². The molecule has 1 fully saturated rings. The Morgan fingerprint density at radius 1 is 0.963 bits per heavy atom. The van der Waals surface area contributed by atoms with Crippen molar-refractivity contribution in [1.29, 1.82) is 0 Å². The number of nitrogens with one attached hydrogen (secondary N) is 2. The van der Waals surface area contributed by atoms with E-state index >= 15 is 0 Å². The highest BCUT2D eigenvalue weighted by atomic mass is 16.5. The van der Waals surface area contributed by atoms with Crippen LogP contribution in [0.3, 0.4) is 0 Å². The number of carbonyl (C=O) groups excluding carboxylic acids is 2. The second-order valence-corrected chi connectivity index (χ2v) is 6.53. The van der Waals surface area contributed by atoms with Gasteiger partial charge in [-0.15, -0.1) is 0 Å². The number of nitrogens with zero attached hydrogens (tertiary/aromatic N) is 1. The van der Waals surface area contributed by atoms with Crippen LogP contribution >= 0.6 is 0 Å². The number of piperidine rings is 1. The molecule has 0 saturated carbocycles. The zero-order valence-electron chi connectivity index (χ0n) is 15.3. The van der Waals surface area contributed by atoms with Gasteiger partial charge in [-0.1, -0.05) is 36.4 Å². The van der Waals surface area contributed by atoms with E-state index in [0.717, 1.165) is 24.3 Å². The van der Waals surface area contributed by atoms with Gasteiger partial charge in [0.25, 0.3) is 0 Å². The summed E-state index contributed by atoms with van der Waals surface area (Å²) in [5, 5.41) is 5.80. The zero-order valence-corrected chi connectivity index (χ0v) is 15.3. The third kappa shape index (κ3) is 6.02. The monoisotopic (exact) mass is 367 g/mol. The van der Waals surface area contributed by atoms with E-state index in [4.69, 9.17) is 4.74 Å². The predicted octanol–water partition coefficient (Wildman–Crippen LogP) is 3.27. The molecule has 0 atom stereocenters. The Kier molecular flexibility index (Phi) is 6.68. The van der Waals surface area contributed by atoms with Crippen molar-refractivity contribution in [3.8, 4) is 5.75 Å². The molecule has 1 heterocycles. The molecule has 3 rings (SSSR count). The smallest absolute Gasteiger partial charge is 0.319 e. The molecule has 3 amide bonds. The second-order valence-electron chi connectivity index (χ2n) is 6.53. The zero-order chi connectivity index (χ0) is 18.9. The van der Waals surface area contributed by atoms with Gasteiger partial charge in [0, 0.05) is 24.8 Å². The van der Waals surface area contributed by atoms with Gasteiger partial charge in [-0.25, -0.2) is 4.79 Å². The lowest BCUT2D eigenvalue weighted by atomic mass is 10.0. The number of likely N-dealkylation sites (tertiary alicyclic amines) is 1. The minimum Gasteiger partial charge on any atom is -0.493 e. The molecule has 1 aliphatic rings. The highest BCUT2D eigenvalue weighted by Gasteiger charge is 2.23. The highest BCUT2D eigenvalue weighted by Crippen LogP contribution is 2.13. The van der Waals surface area contributed by atoms with Crippen molar-refractivity contribution in [3.05, 3.63) is 60.7 Å². The van der Waals surface area contributed by atoms with Crippen LogP contribution in [0.4, 0.5) is 10.5 Å². The highest BCUT2D eigenvalue weighted by molar-refractivity contribution is 5.89. The van der Waals surface area contributed by atoms with Gasteiger partial charge < -0.3 is 20.3 Å². The molecular formula is C21H25N3O3. The Hall–Kier alpha value is -3.02. The van der Waals surface area contributed by atoms with E-state index in [2.05, 4.69) is 10.6 Å². The van der Waals surface area contributed by atoms with Crippen LogP contribution in [0.1, 0.15) is 19.3 Å². The molecule has 6 heteroatoms. The maximum atomic E-state index is 12.3. The lowest BCUT2D eigenvalue weighted by Crippen LogP contribution is -2.47. The van der Waals surface area contributed by atoms with Gasteiger partial charge >= 0.3 is 6.03 Å². The molecule has 27 heavy (non-hydrogen) atoms. The Morgan fingerprint density at radius 3 is 2.26 bits per heavy atom. The van der Waals surface area contributed by atoms with Crippen molar-refractivity contribution in [3.63, 3.8) is 0 Å². The van der Waals surface area contributed by atoms with Gasteiger partial charge in [0.2, 0.25) is 5.91 Å². The van der Waals surface area contributed by atoms with E-state index in [-0.39, 0.29) is 18.0 Å². The quantitative estimate of drug-likeness (QED) is 0.823. The first-order chi connectivity index (χ1) is 13.2. The topological polar surface area (TPSA) is 70.7 Å². The molecule has 2 aromatic rings. The first kappa shape index (κ1) is 18.8. The van der Waals surface area contributed by atoms with Crippen LogP contribution in [-0.4, -0.2) is 42.6 Å². The van der Waals surface area contributed by atoms with Gasteiger partial charge in [-0.2, -0.15) is 0 Å². The number of anilines is 1. The Balaban J connectivity index is 1.34. The summed E-state index contributed by atoms with van der Waals surface area (Å²) in [6.07, 6.45) is 1.88. The number of para-hydroxylation sites is 2. The number of ether oxygens (including phenoxy) is 1. The summed E-state index contributed by atoms with van der Waals surface area (Å²) < 4.78 is 5.59. The minimum atomic E-state index is -0.206. The number of hydrogen-bond acceptors (Lipinski definition) is 3. The van der Waals surface area contributed by atoms with Crippen LogP contribution in [0.5, 0.6) is 5.75 Å². The molecule has 0 radical (unpaired) electrons. The van der Waals surface area contributed by atoms with Crippen molar-refractivity contribution in [2.75, 3.05) is 25.0 Å². The van der Waals surface area contributed by atoms with Crippen molar-refractivity contribution < 1.29 is 14.3 Å². The normalized spacial score (nSPS) is 14.4. The molecule has 0 bridgehead atoms. The number of urea groups is 1. The van der Waals surface area contributed by atoms with Gasteiger partial charge in [0.15, 0.2) is 0 Å². The van der Waals surface area contributed by atoms with Crippen LogP contribution in [0.15, 0.2) is 60.7 Å². The van der Waals surface area contributed by atoms with Gasteiger partial charge in [0.1, 0.15) is 5.75 Å². The lowest BCUT2D eigenvalue weighted by molar-refractivity contribution is -0.132. The Morgan fingerprint density at radius 2 is 1.59 bits per heavy atom. The van der Waals surface area contributed by atoms with Gasteiger partial charge in [-0.3, -0.25) is 4.79 Å². The summed E-state index contributed by atoms with van der Waals surface area (Å²) in [6, 6.07) is 18.7. The molecule has 2 N–H and O–H groups in total. The summed E-state index contributed by atoms with van der Waals surface area (Å²) in [5.41, 5.74) is 0.765. The summed E-state index contributed by atoms with van der Waals surface area (Å²) >= 11 is 0. The molecule has 1 saturated heterocycles. The first-order valence-corrected chi connectivity index (χ1v) is 9.29. The van der Waals surface area contributed by atoms with E-state index < -0.39 is 0 Å². The third-order valence-electron chi connectivity index (χ3n) is 4.54. The van der Waals surface area contributed by atoms with Crippen LogP contribution < -0.4 is 15.4 Å². The Bertz CT molecular complexity index is 729. The molecule has 0 aromatic heterocycles. The third-order valence-corrected chi connectivity index (χ3v) is 4.54. The van der Waals surface area contributed by atoms with Crippen LogP contribution in [0.2, 0.25) is 0 Å². The molecule has 1 aliphatic heterocycles. The average molecular weight is 367 g/mol. The fourth-order valence-corrected chi connectivity index (χ4v) is 3.08. The SMILES string of the molecule is O=C(Nc1ccccc1)NC1CCN(C(=O)CCOc2ccccc2)CC1. The number of amides is 3. The van der Waals surface area contributed by atoms with E-state index in [1.54, 1.807) is 0 Å². The number of rotatable bonds is 6. The standard InChI is InChI=1S/C21H25N3O3/c25-20(13-16-27-19-9-5-2-6-10-19)24-14-11-18(12-15-24)23-21(26)22-17-7-3-1-4-8-17/h1-10,18H,11-16H2,(H2,22,23,26). The molecule has 2 aromatic carbocycles. The van der Waals surface area contributed by atoms with Crippen molar-refractivity contribution in [1.82, 2.24) is 10.2 Å². The van der Waals surface area contributed by atoms with Crippen molar-refractivity contribution in [2.24, 2.45) is 0 Å². The first-order valence-electron chi connectivity index (χ1n) is 9.29. The summed E-state index contributed by atoms with van der Waals surface area (Å²) in [7, 11) is 0. The molecular weight excluding hydrogens is 342 g/mol. The molecule has 0 spiro atoms. The van der Waals surface area contributed by atoms with E-state index in [9.17, 15) is 9.59 Å². The summed E-state index contributed by atoms with van der Waals surface area (Å²) in [4.78, 5) is 26.2. The largest absolute Gasteiger partial charge is 0.493 e. The summed E-state index contributed by atoms with van der Waals surface area (Å²) in [5.74, 6) is 0.871. The van der Waals surface area contributed by atoms with E-state index in [1.165, 1.54) is 0 Å². The molecule has 6 nitrogen and oxygen atoms in total. The molecule has 0 aliphatic carbocycles. The fraction of sp³-hybridized carbons (Fsp3) is 0.333. The van der Waals surface area contributed by atoms with Crippen LogP contribution in [0, 0.1) is 0 Å². The molecule has 0 unspecified atom stereocenters. The second kappa shape index (κ2) is 9.62. The van der Waals surface area contributed by atoms with Crippen molar-refractivity contribution in [2.45, 2.75) is 25.3 Å². The van der Waals surface area contributed by atoms with E-state index in [0.29, 0.717) is 26.1 Å². The number of benzene rings is 2. The minimum absolute atomic E-state index is 0.0818. The lowest BCUT2D eigenvalue weighted by Gasteiger charge is -2.32. The Labute approximate surface area is 159 Å². The van der Waals surface area contributed by atoms with Gasteiger partial charge in [-0.05, 0) is 37.1 Å². The maximum Gasteiger partial charge on any atom is 0.319 e. The van der Waals surface area contributed by atoms with Crippen LogP contribution in [-0.2, 0) is 4.79 Å². The van der Waals surface area contributed by atoms with Gasteiger partial charge in [0.05, 0.1) is 13.0 Å². The maximum absolute atomic E-state index is 12.3. The van der Waals surface area contributed by atoms with E-state index in [1.807, 2.05) is 65.6 Å². The number of carbonyl (C=O) groups is 2.